The molecule has 1 aromatic heterocycles. The molecule has 0 atom stereocenters. The maximum atomic E-state index is 14.4. The van der Waals surface area contributed by atoms with Gasteiger partial charge in [-0.2, -0.15) is 0 Å². The fraction of sp³-hybridized carbons (Fsp3) is 0.176. The molecule has 0 bridgehead atoms. The number of nitrogens with zero attached hydrogens (tertiary/aromatic N) is 2. The maximum Gasteiger partial charge on any atom is 0.355 e. The summed E-state index contributed by atoms with van der Waals surface area (Å²) >= 11 is 6.31. The van der Waals surface area contributed by atoms with Crippen molar-refractivity contribution in [2.45, 2.75) is 6.61 Å². The molecule has 0 radical (unpaired) electrons. The van der Waals surface area contributed by atoms with E-state index in [1.807, 2.05) is 0 Å². The second-order valence-corrected chi connectivity index (χ2v) is 10.6. The highest BCUT2D eigenvalue weighted by Crippen LogP contribution is 2.45. The fourth-order valence-corrected chi connectivity index (χ4v) is 5.47. The number of nitrogens with two attached hydrogens (primary N) is 1. The number of rotatable bonds is 11. The summed E-state index contributed by atoms with van der Waals surface area (Å²) in [5, 5.41) is 12.0. The van der Waals surface area contributed by atoms with E-state index in [9.17, 15) is 19.7 Å². The summed E-state index contributed by atoms with van der Waals surface area (Å²) in [5.41, 5.74) is 6.88. The van der Waals surface area contributed by atoms with Crippen LogP contribution in [-0.4, -0.2) is 51.0 Å². The number of anilines is 1. The number of nitro groups is 1. The summed E-state index contributed by atoms with van der Waals surface area (Å²) in [7, 11) is 6.99. The van der Waals surface area contributed by atoms with Crippen LogP contribution in [0.25, 0.3) is 27.6 Å². The van der Waals surface area contributed by atoms with E-state index in [0.29, 0.717) is 45.1 Å². The summed E-state index contributed by atoms with van der Waals surface area (Å²) in [6.07, 6.45) is 0. The van der Waals surface area contributed by atoms with Gasteiger partial charge in [0.2, 0.25) is 5.75 Å². The first-order valence-corrected chi connectivity index (χ1v) is 14.6. The quantitative estimate of drug-likeness (QED) is 0.0733. The number of halogens is 1. The number of carbonyl (C=O) groups is 1. The number of ether oxygens (including phenoxy) is 6. The lowest BCUT2D eigenvalue weighted by Gasteiger charge is -2.21. The van der Waals surface area contributed by atoms with Crippen LogP contribution in [0.1, 0.15) is 16.1 Å². The molecule has 0 fully saturated rings. The first-order valence-electron chi connectivity index (χ1n) is 14.2. The Balaban J connectivity index is 1.87. The number of nitrogen functional groups attached to an aromatic ring is 1. The first kappa shape index (κ1) is 33.4. The zero-order chi connectivity index (χ0) is 34.7. The molecule has 2 N–H and O–H groups in total. The van der Waals surface area contributed by atoms with E-state index in [1.165, 1.54) is 64.4 Å². The molecular weight excluding hydrogens is 646 g/mol. The Hall–Kier alpha value is -5.95. The predicted molar refractivity (Wildman–Crippen MR) is 179 cm³/mol. The van der Waals surface area contributed by atoms with Gasteiger partial charge in [0.05, 0.1) is 45.9 Å². The number of aromatic nitrogens is 1. The van der Waals surface area contributed by atoms with E-state index in [2.05, 4.69) is 0 Å². The number of esters is 1. The molecule has 0 saturated carbocycles. The van der Waals surface area contributed by atoms with Crippen molar-refractivity contribution in [3.05, 3.63) is 103 Å². The minimum atomic E-state index is -0.811. The molecule has 5 aromatic rings. The SMILES string of the molecule is COC(=O)c1c(-c2cc(OC)c(OC)c(OC)c2)c2cc(OC)c(OCc3cc([N+](=O)[O-])ccc3Cl)cc2c(=O)n1-c1ccc(N)cc1. The van der Waals surface area contributed by atoms with Crippen LogP contribution in [0.3, 0.4) is 0 Å². The van der Waals surface area contributed by atoms with Gasteiger partial charge in [-0.25, -0.2) is 4.79 Å². The Labute approximate surface area is 279 Å². The number of hydrogen-bond donors (Lipinski definition) is 1. The van der Waals surface area contributed by atoms with E-state index >= 15 is 0 Å². The summed E-state index contributed by atoms with van der Waals surface area (Å²) in [4.78, 5) is 38.9. The Bertz CT molecular complexity index is 2090. The molecule has 0 spiro atoms. The Morgan fingerprint density at radius 2 is 1.46 bits per heavy atom. The zero-order valence-corrected chi connectivity index (χ0v) is 27.2. The Morgan fingerprint density at radius 1 is 0.833 bits per heavy atom. The van der Waals surface area contributed by atoms with Gasteiger partial charge in [0.15, 0.2) is 23.0 Å². The molecule has 5 rings (SSSR count). The van der Waals surface area contributed by atoms with Gasteiger partial charge in [-0.15, -0.1) is 0 Å². The Morgan fingerprint density at radius 3 is 2.02 bits per heavy atom. The second-order valence-electron chi connectivity index (χ2n) is 10.2. The lowest BCUT2D eigenvalue weighted by atomic mass is 9.95. The minimum Gasteiger partial charge on any atom is -0.493 e. The molecule has 4 aromatic carbocycles. The molecular formula is C34H30ClN3O10. The van der Waals surface area contributed by atoms with E-state index < -0.39 is 16.5 Å². The third-order valence-corrected chi connectivity index (χ3v) is 7.94. The van der Waals surface area contributed by atoms with Crippen molar-refractivity contribution in [2.24, 2.45) is 0 Å². The number of methoxy groups -OCH3 is 5. The molecule has 0 amide bonds. The van der Waals surface area contributed by atoms with Gasteiger partial charge >= 0.3 is 5.97 Å². The van der Waals surface area contributed by atoms with E-state index in [4.69, 9.17) is 45.8 Å². The van der Waals surface area contributed by atoms with E-state index in [-0.39, 0.29) is 45.5 Å². The number of pyridine rings is 1. The standard InChI is InChI=1S/C34H30ClN3O10/c1-43-26-15-23-24(16-27(26)48-17-19-12-22(38(41)42)10-11-25(19)35)33(39)37(21-8-6-20(36)7-9-21)31(34(40)47-5)30(23)18-13-28(44-2)32(46-4)29(14-18)45-3/h6-16H,17,36H2,1-5H3. The highest BCUT2D eigenvalue weighted by atomic mass is 35.5. The van der Waals surface area contributed by atoms with Gasteiger partial charge in [0.25, 0.3) is 11.2 Å². The summed E-state index contributed by atoms with van der Waals surface area (Å²) in [6.45, 7) is -0.186. The van der Waals surface area contributed by atoms with Gasteiger partial charge in [-0.1, -0.05) is 11.6 Å². The monoisotopic (exact) mass is 675 g/mol. The van der Waals surface area contributed by atoms with Crippen LogP contribution in [-0.2, 0) is 11.3 Å². The lowest BCUT2D eigenvalue weighted by Crippen LogP contribution is -2.27. The van der Waals surface area contributed by atoms with Crippen molar-refractivity contribution < 1.29 is 38.1 Å². The van der Waals surface area contributed by atoms with Crippen LogP contribution in [0.2, 0.25) is 5.02 Å². The van der Waals surface area contributed by atoms with E-state index in [0.717, 1.165) is 0 Å². The van der Waals surface area contributed by atoms with Crippen molar-refractivity contribution >= 4 is 39.7 Å². The number of nitro benzene ring substituents is 1. The molecule has 13 nitrogen and oxygen atoms in total. The summed E-state index contributed by atoms with van der Waals surface area (Å²) < 4.78 is 34.9. The summed E-state index contributed by atoms with van der Waals surface area (Å²) in [5.74, 6) is 0.416. The lowest BCUT2D eigenvalue weighted by molar-refractivity contribution is -0.384. The van der Waals surface area contributed by atoms with Crippen molar-refractivity contribution in [2.75, 3.05) is 41.3 Å². The normalized spacial score (nSPS) is 10.8. The largest absolute Gasteiger partial charge is 0.493 e. The van der Waals surface area contributed by atoms with Crippen LogP contribution < -0.4 is 35.0 Å². The number of carbonyl (C=O) groups excluding carboxylic acids is 1. The van der Waals surface area contributed by atoms with Gasteiger partial charge in [-0.3, -0.25) is 19.5 Å². The van der Waals surface area contributed by atoms with Crippen molar-refractivity contribution in [1.82, 2.24) is 4.57 Å². The van der Waals surface area contributed by atoms with Crippen LogP contribution in [0.4, 0.5) is 11.4 Å². The molecule has 248 valence electrons. The zero-order valence-electron chi connectivity index (χ0n) is 26.5. The van der Waals surface area contributed by atoms with Gasteiger partial charge < -0.3 is 34.2 Å². The van der Waals surface area contributed by atoms with Gasteiger partial charge in [0, 0.05) is 45.0 Å². The van der Waals surface area contributed by atoms with E-state index in [1.54, 1.807) is 42.5 Å². The molecule has 1 heterocycles. The van der Waals surface area contributed by atoms with Crippen LogP contribution in [0.15, 0.2) is 71.5 Å². The number of benzene rings is 4. The van der Waals surface area contributed by atoms with Crippen molar-refractivity contribution in [3.63, 3.8) is 0 Å². The molecule has 0 aliphatic rings. The molecule has 0 aliphatic carbocycles. The highest BCUT2D eigenvalue weighted by Gasteiger charge is 2.28. The van der Waals surface area contributed by atoms with Crippen LogP contribution in [0, 0.1) is 10.1 Å². The summed E-state index contributed by atoms with van der Waals surface area (Å²) in [6, 6.07) is 16.7. The topological polar surface area (TPSA) is 164 Å². The minimum absolute atomic E-state index is 0.104. The molecule has 0 aliphatic heterocycles. The first-order chi connectivity index (χ1) is 23.1. The number of fused-ring (bicyclic) bond motifs is 1. The highest BCUT2D eigenvalue weighted by molar-refractivity contribution is 6.31. The van der Waals surface area contributed by atoms with Gasteiger partial charge in [0.1, 0.15) is 12.3 Å². The van der Waals surface area contributed by atoms with Gasteiger partial charge in [-0.05, 0) is 60.2 Å². The average molecular weight is 676 g/mol. The maximum absolute atomic E-state index is 14.4. The second kappa shape index (κ2) is 13.8. The molecule has 0 saturated heterocycles. The fourth-order valence-electron chi connectivity index (χ4n) is 5.30. The predicted octanol–water partition coefficient (Wildman–Crippen LogP) is 6.20. The third-order valence-electron chi connectivity index (χ3n) is 7.57. The van der Waals surface area contributed by atoms with Crippen molar-refractivity contribution in [3.8, 4) is 45.6 Å². The molecule has 0 unspecified atom stereocenters. The number of hydrogen-bond acceptors (Lipinski definition) is 11. The smallest absolute Gasteiger partial charge is 0.355 e. The van der Waals surface area contributed by atoms with Crippen molar-refractivity contribution in [1.29, 1.82) is 0 Å². The molecule has 14 heteroatoms. The Kier molecular flexibility index (Phi) is 9.61. The van der Waals surface area contributed by atoms with Crippen LogP contribution in [0.5, 0.6) is 28.7 Å². The number of non-ortho nitro benzene ring substituents is 1. The average Bonchev–Trinajstić information content (AvgIpc) is 3.10. The third kappa shape index (κ3) is 6.10. The van der Waals surface area contributed by atoms with Crippen LogP contribution >= 0.6 is 11.6 Å². The molecule has 48 heavy (non-hydrogen) atoms.